The van der Waals surface area contributed by atoms with Crippen LogP contribution in [-0.2, 0) is 0 Å². The number of pyridine rings is 1. The molecule has 0 bridgehead atoms. The molecule has 0 saturated heterocycles. The molecular weight excluding hydrogens is 360 g/mol. The van der Waals surface area contributed by atoms with Crippen LogP contribution in [0.5, 0.6) is 0 Å². The summed E-state index contributed by atoms with van der Waals surface area (Å²) in [5.41, 5.74) is 1.51. The van der Waals surface area contributed by atoms with Crippen LogP contribution in [0.25, 0.3) is 0 Å². The highest BCUT2D eigenvalue weighted by Gasteiger charge is 2.17. The first-order chi connectivity index (χ1) is 9.38. The van der Waals surface area contributed by atoms with E-state index in [9.17, 15) is 4.79 Å². The van der Waals surface area contributed by atoms with Gasteiger partial charge in [0.15, 0.2) is 0 Å². The van der Waals surface area contributed by atoms with E-state index in [-0.39, 0.29) is 17.1 Å². The minimum Gasteiger partial charge on any atom is -0.345 e. The minimum absolute atomic E-state index is 0.0671. The molecule has 2 aromatic rings. The first-order valence-electron chi connectivity index (χ1n) is 6.07. The molecule has 2 heterocycles. The van der Waals surface area contributed by atoms with Crippen LogP contribution in [-0.4, -0.2) is 10.9 Å². The van der Waals surface area contributed by atoms with E-state index in [2.05, 4.69) is 46.1 Å². The van der Waals surface area contributed by atoms with Crippen molar-refractivity contribution in [2.75, 3.05) is 0 Å². The molecule has 3 nitrogen and oxygen atoms in total. The number of thiophene rings is 1. The molecule has 0 aromatic carbocycles. The lowest BCUT2D eigenvalue weighted by atomic mass is 10.1. The average Bonchev–Trinajstić information content (AvgIpc) is 2.71. The molecule has 0 radical (unpaired) electrons. The van der Waals surface area contributed by atoms with Gasteiger partial charge in [0.1, 0.15) is 5.15 Å². The zero-order valence-electron chi connectivity index (χ0n) is 11.3. The summed E-state index contributed by atoms with van der Waals surface area (Å²) in [4.78, 5) is 18.7. The highest BCUT2D eigenvalue weighted by molar-refractivity contribution is 9.10. The monoisotopic (exact) mass is 372 g/mol. The number of carbonyl (C=O) groups excluding carboxylic acids is 1. The molecule has 6 heteroatoms. The highest BCUT2D eigenvalue weighted by atomic mass is 79.9. The fourth-order valence-corrected chi connectivity index (χ4v) is 3.56. The lowest BCUT2D eigenvalue weighted by Gasteiger charge is -2.14. The highest BCUT2D eigenvalue weighted by Crippen LogP contribution is 2.27. The van der Waals surface area contributed by atoms with E-state index in [4.69, 9.17) is 11.6 Å². The summed E-state index contributed by atoms with van der Waals surface area (Å²) in [5, 5.41) is 3.16. The van der Waals surface area contributed by atoms with Gasteiger partial charge in [-0.3, -0.25) is 4.79 Å². The minimum atomic E-state index is -0.223. The molecule has 0 aliphatic rings. The largest absolute Gasteiger partial charge is 0.345 e. The average molecular weight is 374 g/mol. The van der Waals surface area contributed by atoms with Crippen LogP contribution >= 0.6 is 38.9 Å². The zero-order valence-corrected chi connectivity index (χ0v) is 14.5. The predicted octanol–water partition coefficient (Wildman–Crippen LogP) is 4.67. The summed E-state index contributed by atoms with van der Waals surface area (Å²) >= 11 is 11.0. The van der Waals surface area contributed by atoms with Crippen molar-refractivity contribution in [1.82, 2.24) is 10.3 Å². The van der Waals surface area contributed by atoms with Gasteiger partial charge in [0, 0.05) is 20.4 Å². The maximum atomic E-state index is 12.3. The molecule has 1 unspecified atom stereocenters. The van der Waals surface area contributed by atoms with Gasteiger partial charge in [-0.25, -0.2) is 4.98 Å². The van der Waals surface area contributed by atoms with E-state index < -0.39 is 0 Å². The summed E-state index contributed by atoms with van der Waals surface area (Å²) in [5.74, 6) is -0.223. The van der Waals surface area contributed by atoms with Gasteiger partial charge in [0.2, 0.25) is 0 Å². The SMILES string of the molecule is Cc1cc(C(C)NC(=O)c2cc(Br)cnc2Cl)c(C)s1. The third-order valence-electron chi connectivity index (χ3n) is 2.94. The second-order valence-electron chi connectivity index (χ2n) is 4.56. The molecule has 20 heavy (non-hydrogen) atoms. The van der Waals surface area contributed by atoms with Crippen molar-refractivity contribution in [3.8, 4) is 0 Å². The lowest BCUT2D eigenvalue weighted by molar-refractivity contribution is 0.0939. The van der Waals surface area contributed by atoms with E-state index in [0.29, 0.717) is 5.56 Å². The molecule has 1 amide bonds. The third-order valence-corrected chi connectivity index (χ3v) is 4.66. The number of amides is 1. The molecule has 0 aliphatic carbocycles. The van der Waals surface area contributed by atoms with E-state index in [0.717, 1.165) is 10.0 Å². The Morgan fingerprint density at radius 2 is 2.15 bits per heavy atom. The summed E-state index contributed by atoms with van der Waals surface area (Å²) in [6.45, 7) is 6.08. The standard InChI is InChI=1S/C14H14BrClN2OS/c1-7-4-11(9(3)20-7)8(2)18-14(19)12-5-10(15)6-17-13(12)16/h4-6,8H,1-3H3,(H,18,19). The van der Waals surface area contributed by atoms with Gasteiger partial charge >= 0.3 is 0 Å². The van der Waals surface area contributed by atoms with Gasteiger partial charge in [0.05, 0.1) is 11.6 Å². The molecule has 2 rings (SSSR count). The predicted molar refractivity (Wildman–Crippen MR) is 86.6 cm³/mol. The van der Waals surface area contributed by atoms with Crippen molar-refractivity contribution in [1.29, 1.82) is 0 Å². The molecule has 0 aliphatic heterocycles. The molecule has 106 valence electrons. The van der Waals surface area contributed by atoms with E-state index in [1.165, 1.54) is 9.75 Å². The Bertz CT molecular complexity index is 657. The van der Waals surface area contributed by atoms with Gasteiger partial charge < -0.3 is 5.32 Å². The number of hydrogen-bond donors (Lipinski definition) is 1. The van der Waals surface area contributed by atoms with Crippen molar-refractivity contribution in [2.45, 2.75) is 26.8 Å². The molecule has 1 N–H and O–H groups in total. The van der Waals surface area contributed by atoms with Gasteiger partial charge in [0.25, 0.3) is 5.91 Å². The lowest BCUT2D eigenvalue weighted by Crippen LogP contribution is -2.27. The zero-order chi connectivity index (χ0) is 14.9. The molecule has 0 spiro atoms. The van der Waals surface area contributed by atoms with Crippen molar-refractivity contribution in [3.05, 3.63) is 48.8 Å². The third kappa shape index (κ3) is 3.40. The van der Waals surface area contributed by atoms with Crippen LogP contribution in [0.1, 0.15) is 38.6 Å². The van der Waals surface area contributed by atoms with E-state index in [1.54, 1.807) is 23.6 Å². The van der Waals surface area contributed by atoms with Crippen LogP contribution in [0.4, 0.5) is 0 Å². The number of nitrogens with one attached hydrogen (secondary N) is 1. The van der Waals surface area contributed by atoms with Gasteiger partial charge in [-0.1, -0.05) is 11.6 Å². The second-order valence-corrected chi connectivity index (χ2v) is 7.29. The topological polar surface area (TPSA) is 42.0 Å². The van der Waals surface area contributed by atoms with E-state index in [1.807, 2.05) is 6.92 Å². The maximum absolute atomic E-state index is 12.3. The fraction of sp³-hybridized carbons (Fsp3) is 0.286. The number of aromatic nitrogens is 1. The van der Waals surface area contributed by atoms with Crippen molar-refractivity contribution >= 4 is 44.8 Å². The maximum Gasteiger partial charge on any atom is 0.254 e. The van der Waals surface area contributed by atoms with Crippen LogP contribution in [0.2, 0.25) is 5.15 Å². The van der Waals surface area contributed by atoms with Crippen molar-refractivity contribution in [3.63, 3.8) is 0 Å². The Labute approximate surface area is 135 Å². The van der Waals surface area contributed by atoms with Gasteiger partial charge in [-0.15, -0.1) is 11.3 Å². The number of carbonyl (C=O) groups is 1. The Balaban J connectivity index is 2.19. The summed E-state index contributed by atoms with van der Waals surface area (Å²) in [7, 11) is 0. The van der Waals surface area contributed by atoms with E-state index >= 15 is 0 Å². The van der Waals surface area contributed by atoms with Crippen LogP contribution in [0, 0.1) is 13.8 Å². The molecule has 2 aromatic heterocycles. The molecule has 1 atom stereocenters. The summed E-state index contributed by atoms with van der Waals surface area (Å²) in [6, 6.07) is 3.71. The van der Waals surface area contributed by atoms with Gasteiger partial charge in [-0.05, 0) is 54.4 Å². The number of hydrogen-bond acceptors (Lipinski definition) is 3. The number of nitrogens with zero attached hydrogens (tertiary/aromatic N) is 1. The molecule has 0 fully saturated rings. The summed E-state index contributed by atoms with van der Waals surface area (Å²) in [6.07, 6.45) is 1.56. The normalized spacial score (nSPS) is 12.2. The molecular formula is C14H14BrClN2OS. The van der Waals surface area contributed by atoms with Crippen molar-refractivity contribution < 1.29 is 4.79 Å². The first-order valence-corrected chi connectivity index (χ1v) is 8.06. The van der Waals surface area contributed by atoms with Crippen LogP contribution in [0.3, 0.4) is 0 Å². The second kappa shape index (κ2) is 6.24. The Morgan fingerprint density at radius 3 is 2.75 bits per heavy atom. The number of rotatable bonds is 3. The smallest absolute Gasteiger partial charge is 0.254 e. The Morgan fingerprint density at radius 1 is 1.45 bits per heavy atom. The van der Waals surface area contributed by atoms with Crippen molar-refractivity contribution in [2.24, 2.45) is 0 Å². The van der Waals surface area contributed by atoms with Crippen LogP contribution in [0.15, 0.2) is 22.8 Å². The summed E-state index contributed by atoms with van der Waals surface area (Å²) < 4.78 is 0.724. The number of halogens is 2. The Kier molecular flexibility index (Phi) is 4.83. The number of aryl methyl sites for hydroxylation is 2. The van der Waals surface area contributed by atoms with Gasteiger partial charge in [-0.2, -0.15) is 0 Å². The van der Waals surface area contributed by atoms with Crippen LogP contribution < -0.4 is 5.32 Å². The Hall–Kier alpha value is -0.910. The quantitative estimate of drug-likeness (QED) is 0.795. The first kappa shape index (κ1) is 15.5. The fourth-order valence-electron chi connectivity index (χ4n) is 2.01. The molecule has 0 saturated carbocycles.